The van der Waals surface area contributed by atoms with Gasteiger partial charge in [-0.2, -0.15) is 0 Å². The summed E-state index contributed by atoms with van der Waals surface area (Å²) in [6.07, 6.45) is 6.48. The molecule has 1 amide bonds. The number of hydrogen-bond donors (Lipinski definition) is 0. The van der Waals surface area contributed by atoms with Gasteiger partial charge in [0.25, 0.3) is 0 Å². The van der Waals surface area contributed by atoms with Crippen molar-refractivity contribution in [3.05, 3.63) is 54.6 Å². The summed E-state index contributed by atoms with van der Waals surface area (Å²) in [5.74, 6) is -1.44. The number of hydrogen-bond acceptors (Lipinski definition) is 4. The molecule has 3 aliphatic heterocycles. The minimum absolute atomic E-state index is 0.0521. The summed E-state index contributed by atoms with van der Waals surface area (Å²) < 4.78 is 11.7. The molecule has 2 aromatic rings. The van der Waals surface area contributed by atoms with E-state index in [4.69, 9.17) is 9.47 Å². The van der Waals surface area contributed by atoms with E-state index >= 15 is 0 Å². The summed E-state index contributed by atoms with van der Waals surface area (Å²) in [5, 5.41) is 2.11. The van der Waals surface area contributed by atoms with Crippen LogP contribution in [0, 0.1) is 11.8 Å². The average molecular weight is 391 g/mol. The molecule has 2 bridgehead atoms. The molecule has 0 aromatic heterocycles. The Bertz CT molecular complexity index is 994. The van der Waals surface area contributed by atoms with Crippen molar-refractivity contribution in [2.75, 3.05) is 18.1 Å². The van der Waals surface area contributed by atoms with E-state index in [2.05, 4.69) is 6.92 Å². The summed E-state index contributed by atoms with van der Waals surface area (Å²) >= 11 is 0. The quantitative estimate of drug-likeness (QED) is 0.426. The zero-order valence-corrected chi connectivity index (χ0v) is 16.5. The number of carbonyl (C=O) groups excluding carboxylic acids is 2. The Hall–Kier alpha value is -2.66. The van der Waals surface area contributed by atoms with Crippen LogP contribution in [0.2, 0.25) is 0 Å². The Morgan fingerprint density at radius 2 is 2.03 bits per heavy atom. The van der Waals surface area contributed by atoms with Crippen LogP contribution in [0.5, 0.6) is 0 Å². The number of fused-ring (bicyclic) bond motifs is 2. The van der Waals surface area contributed by atoms with Crippen LogP contribution in [0.3, 0.4) is 0 Å². The van der Waals surface area contributed by atoms with Gasteiger partial charge in [0.2, 0.25) is 5.91 Å². The Balaban J connectivity index is 1.44. The zero-order chi connectivity index (χ0) is 20.0. The number of amides is 1. The molecule has 5 heteroatoms. The molecular weight excluding hydrogens is 366 g/mol. The van der Waals surface area contributed by atoms with E-state index in [-0.39, 0.29) is 18.0 Å². The number of ether oxygens (including phenoxy) is 2. The van der Waals surface area contributed by atoms with Gasteiger partial charge in [0.05, 0.1) is 30.9 Å². The van der Waals surface area contributed by atoms with Crippen LogP contribution in [-0.4, -0.2) is 36.7 Å². The zero-order valence-electron chi connectivity index (χ0n) is 16.5. The van der Waals surface area contributed by atoms with Crippen LogP contribution < -0.4 is 4.90 Å². The number of carbonyl (C=O) groups is 2. The van der Waals surface area contributed by atoms with Gasteiger partial charge < -0.3 is 14.4 Å². The fourth-order valence-corrected chi connectivity index (χ4v) is 5.04. The maximum atomic E-state index is 13.5. The fraction of sp³-hybridized carbons (Fsp3) is 0.417. The Kier molecular flexibility index (Phi) is 4.43. The van der Waals surface area contributed by atoms with E-state index in [0.717, 1.165) is 35.7 Å². The van der Waals surface area contributed by atoms with E-state index in [0.29, 0.717) is 13.2 Å². The highest BCUT2D eigenvalue weighted by molar-refractivity contribution is 6.08. The SMILES string of the molecule is CCCCCOC(=O)[C@H]1[C@@H]2C=C[C@]3(CN(c4cccc5ccccc45)C(=O)[C@H]13)O2. The Labute approximate surface area is 170 Å². The molecule has 5 rings (SSSR count). The highest BCUT2D eigenvalue weighted by atomic mass is 16.6. The van der Waals surface area contributed by atoms with Crippen molar-refractivity contribution in [3.63, 3.8) is 0 Å². The van der Waals surface area contributed by atoms with Crippen molar-refractivity contribution < 1.29 is 19.1 Å². The van der Waals surface area contributed by atoms with Crippen LogP contribution in [0.4, 0.5) is 5.69 Å². The highest BCUT2D eigenvalue weighted by Gasteiger charge is 2.67. The summed E-state index contributed by atoms with van der Waals surface area (Å²) in [6.45, 7) is 2.94. The Morgan fingerprint density at radius 1 is 1.21 bits per heavy atom. The summed E-state index contributed by atoms with van der Waals surface area (Å²) in [7, 11) is 0. The molecule has 0 N–H and O–H groups in total. The van der Waals surface area contributed by atoms with E-state index < -0.39 is 17.4 Å². The second-order valence-electron chi connectivity index (χ2n) is 8.20. The normalized spacial score (nSPS) is 29.6. The molecule has 2 aromatic carbocycles. The first-order chi connectivity index (χ1) is 14.1. The lowest BCUT2D eigenvalue weighted by molar-refractivity contribution is -0.152. The van der Waals surface area contributed by atoms with Gasteiger partial charge in [0.15, 0.2) is 0 Å². The molecule has 29 heavy (non-hydrogen) atoms. The van der Waals surface area contributed by atoms with E-state index in [1.807, 2.05) is 54.6 Å². The van der Waals surface area contributed by atoms with Gasteiger partial charge in [0.1, 0.15) is 11.5 Å². The molecule has 0 unspecified atom stereocenters. The maximum Gasteiger partial charge on any atom is 0.312 e. The third kappa shape index (κ3) is 2.79. The van der Waals surface area contributed by atoms with E-state index in [1.165, 1.54) is 0 Å². The van der Waals surface area contributed by atoms with Gasteiger partial charge in [-0.25, -0.2) is 0 Å². The van der Waals surface area contributed by atoms with Crippen LogP contribution >= 0.6 is 0 Å². The number of unbranched alkanes of at least 4 members (excludes halogenated alkanes) is 2. The number of benzene rings is 2. The molecular formula is C24H25NO4. The third-order valence-corrected chi connectivity index (χ3v) is 6.42. The molecule has 150 valence electrons. The van der Waals surface area contributed by atoms with Crippen molar-refractivity contribution in [3.8, 4) is 0 Å². The molecule has 3 heterocycles. The van der Waals surface area contributed by atoms with Crippen LogP contribution in [0.15, 0.2) is 54.6 Å². The fourth-order valence-electron chi connectivity index (χ4n) is 5.04. The van der Waals surface area contributed by atoms with Crippen molar-refractivity contribution in [2.45, 2.75) is 37.9 Å². The van der Waals surface area contributed by atoms with Gasteiger partial charge in [0, 0.05) is 5.39 Å². The monoisotopic (exact) mass is 391 g/mol. The van der Waals surface area contributed by atoms with Gasteiger partial charge in [-0.1, -0.05) is 68.3 Å². The van der Waals surface area contributed by atoms with Crippen molar-refractivity contribution >= 4 is 28.3 Å². The van der Waals surface area contributed by atoms with Crippen molar-refractivity contribution in [1.29, 1.82) is 0 Å². The van der Waals surface area contributed by atoms with Gasteiger partial charge in [-0.3, -0.25) is 9.59 Å². The molecule has 0 aliphatic carbocycles. The first-order valence-electron chi connectivity index (χ1n) is 10.5. The predicted octanol–water partition coefficient (Wildman–Crippen LogP) is 3.86. The average Bonchev–Trinajstić information content (AvgIpc) is 3.39. The molecule has 4 atom stereocenters. The summed E-state index contributed by atoms with van der Waals surface area (Å²) in [5.41, 5.74) is 0.138. The second-order valence-corrected chi connectivity index (χ2v) is 8.20. The number of nitrogens with zero attached hydrogens (tertiary/aromatic N) is 1. The largest absolute Gasteiger partial charge is 0.465 e. The standard InChI is InChI=1S/C24H25NO4/c1-2-3-6-14-28-23(27)20-19-12-13-24(29-19)15-25(22(26)21(20)24)18-11-7-9-16-8-4-5-10-17(16)18/h4-5,7-13,19-21H,2-3,6,14-15H2,1H3/t19-,20-,21-,24+/m0/s1. The van der Waals surface area contributed by atoms with E-state index in [1.54, 1.807) is 4.90 Å². The molecule has 2 fully saturated rings. The lowest BCUT2D eigenvalue weighted by atomic mass is 9.77. The molecule has 2 saturated heterocycles. The minimum Gasteiger partial charge on any atom is -0.465 e. The number of esters is 1. The van der Waals surface area contributed by atoms with Gasteiger partial charge in [-0.15, -0.1) is 0 Å². The minimum atomic E-state index is -0.730. The lowest BCUT2D eigenvalue weighted by Crippen LogP contribution is -2.40. The van der Waals surface area contributed by atoms with Crippen LogP contribution in [0.25, 0.3) is 10.8 Å². The van der Waals surface area contributed by atoms with Crippen molar-refractivity contribution in [1.82, 2.24) is 0 Å². The van der Waals surface area contributed by atoms with Crippen LogP contribution in [0.1, 0.15) is 26.2 Å². The molecule has 0 saturated carbocycles. The van der Waals surface area contributed by atoms with E-state index in [9.17, 15) is 9.59 Å². The molecule has 0 radical (unpaired) electrons. The topological polar surface area (TPSA) is 55.8 Å². The first-order valence-corrected chi connectivity index (χ1v) is 10.5. The molecule has 1 spiro atoms. The number of rotatable bonds is 6. The number of anilines is 1. The molecule has 3 aliphatic rings. The second kappa shape index (κ2) is 6.99. The summed E-state index contributed by atoms with van der Waals surface area (Å²) in [6, 6.07) is 14.0. The van der Waals surface area contributed by atoms with Gasteiger partial charge >= 0.3 is 5.97 Å². The first kappa shape index (κ1) is 18.4. The summed E-state index contributed by atoms with van der Waals surface area (Å²) in [4.78, 5) is 28.1. The van der Waals surface area contributed by atoms with Crippen molar-refractivity contribution in [2.24, 2.45) is 11.8 Å². The Morgan fingerprint density at radius 3 is 2.90 bits per heavy atom. The maximum absolute atomic E-state index is 13.5. The highest BCUT2D eigenvalue weighted by Crippen LogP contribution is 2.53. The lowest BCUT2D eigenvalue weighted by Gasteiger charge is -2.23. The predicted molar refractivity (Wildman–Crippen MR) is 111 cm³/mol. The van der Waals surface area contributed by atoms with Gasteiger partial charge in [-0.05, 0) is 17.9 Å². The smallest absolute Gasteiger partial charge is 0.312 e. The molecule has 5 nitrogen and oxygen atoms in total. The van der Waals surface area contributed by atoms with Crippen LogP contribution in [-0.2, 0) is 19.1 Å². The third-order valence-electron chi connectivity index (χ3n) is 6.42.